The molecule has 0 aromatic heterocycles. The van der Waals surface area contributed by atoms with Crippen LogP contribution in [0.4, 0.5) is 0 Å². The van der Waals surface area contributed by atoms with Crippen LogP contribution in [0.2, 0.25) is 0 Å². The molecule has 1 heterocycles. The van der Waals surface area contributed by atoms with E-state index in [2.05, 4.69) is 0 Å². The van der Waals surface area contributed by atoms with E-state index >= 15 is 0 Å². The Morgan fingerprint density at radius 3 is 2.71 bits per heavy atom. The van der Waals surface area contributed by atoms with Crippen molar-refractivity contribution in [2.75, 3.05) is 20.3 Å². The van der Waals surface area contributed by atoms with Gasteiger partial charge < -0.3 is 9.47 Å². The van der Waals surface area contributed by atoms with Crippen LogP contribution in [0.3, 0.4) is 0 Å². The Labute approximate surface area is 123 Å². The normalized spacial score (nSPS) is 20.0. The van der Waals surface area contributed by atoms with E-state index < -0.39 is 12.1 Å². The molecule has 1 saturated heterocycles. The minimum Gasteiger partial charge on any atom is -0.467 e. The Kier molecular flexibility index (Phi) is 5.30. The molecule has 2 atom stereocenters. The van der Waals surface area contributed by atoms with E-state index in [1.165, 1.54) is 14.0 Å². The number of carbonyl (C=O) groups is 2. The first kappa shape index (κ1) is 15.5. The van der Waals surface area contributed by atoms with E-state index in [1.807, 2.05) is 30.3 Å². The summed E-state index contributed by atoms with van der Waals surface area (Å²) in [5, 5.41) is 1.68. The van der Waals surface area contributed by atoms with E-state index in [9.17, 15) is 9.59 Å². The summed E-state index contributed by atoms with van der Waals surface area (Å²) in [6.07, 6.45) is -0.0469. The molecule has 0 amide bonds. The molecular weight excluding hydrogens is 274 g/mol. The maximum Gasteiger partial charge on any atom is 0.337 e. The van der Waals surface area contributed by atoms with Gasteiger partial charge in [0.15, 0.2) is 6.10 Å². The number of benzene rings is 1. The van der Waals surface area contributed by atoms with Gasteiger partial charge in [0.2, 0.25) is 0 Å². The number of carbonyl (C=O) groups excluding carboxylic acids is 2. The lowest BCUT2D eigenvalue weighted by Crippen LogP contribution is -2.31. The van der Waals surface area contributed by atoms with Gasteiger partial charge in [0, 0.05) is 19.9 Å². The van der Waals surface area contributed by atoms with Crippen LogP contribution in [0, 0.1) is 0 Å². The van der Waals surface area contributed by atoms with Crippen LogP contribution in [0.5, 0.6) is 0 Å². The molecule has 0 unspecified atom stereocenters. The van der Waals surface area contributed by atoms with Gasteiger partial charge in [0.1, 0.15) is 6.61 Å². The quantitative estimate of drug-likeness (QED) is 0.766. The fraction of sp³-hybridized carbons (Fsp3) is 0.467. The summed E-state index contributed by atoms with van der Waals surface area (Å²) in [6, 6.07) is 9.35. The number of hydrogen-bond acceptors (Lipinski definition) is 6. The van der Waals surface area contributed by atoms with Crippen molar-refractivity contribution in [3.8, 4) is 0 Å². The minimum atomic E-state index is -0.599. The van der Waals surface area contributed by atoms with Gasteiger partial charge in [0.25, 0.3) is 0 Å². The number of hydrogen-bond donors (Lipinski definition) is 0. The number of nitrogens with zero attached hydrogens (tertiary/aromatic N) is 1. The molecule has 1 aliphatic rings. The Bertz CT molecular complexity index is 490. The van der Waals surface area contributed by atoms with Crippen LogP contribution in [-0.4, -0.2) is 43.4 Å². The Hall–Kier alpha value is -1.92. The number of hydroxylamine groups is 2. The van der Waals surface area contributed by atoms with Gasteiger partial charge in [0.05, 0.1) is 13.2 Å². The van der Waals surface area contributed by atoms with Crippen molar-refractivity contribution in [2.45, 2.75) is 25.5 Å². The molecule has 1 aromatic rings. The van der Waals surface area contributed by atoms with E-state index in [1.54, 1.807) is 5.06 Å². The number of ether oxygens (including phenoxy) is 2. The summed E-state index contributed by atoms with van der Waals surface area (Å²) in [5.41, 5.74) is 0.962. The van der Waals surface area contributed by atoms with Crippen molar-refractivity contribution in [1.29, 1.82) is 0 Å². The monoisotopic (exact) mass is 293 g/mol. The van der Waals surface area contributed by atoms with Gasteiger partial charge in [-0.15, -0.1) is 0 Å². The Balaban J connectivity index is 2.09. The average Bonchev–Trinajstić information content (AvgIpc) is 2.97. The summed E-state index contributed by atoms with van der Waals surface area (Å²) in [4.78, 5) is 28.2. The third-order valence-corrected chi connectivity index (χ3v) is 3.31. The molecule has 21 heavy (non-hydrogen) atoms. The fourth-order valence-corrected chi connectivity index (χ4v) is 2.25. The van der Waals surface area contributed by atoms with Crippen molar-refractivity contribution in [1.82, 2.24) is 5.06 Å². The Morgan fingerprint density at radius 2 is 2.10 bits per heavy atom. The van der Waals surface area contributed by atoms with Crippen molar-refractivity contribution in [3.05, 3.63) is 35.9 Å². The molecule has 0 saturated carbocycles. The van der Waals surface area contributed by atoms with Gasteiger partial charge >= 0.3 is 11.9 Å². The molecule has 6 nitrogen and oxygen atoms in total. The molecule has 6 heteroatoms. The molecular formula is C15H19NO5. The van der Waals surface area contributed by atoms with Crippen LogP contribution >= 0.6 is 0 Å². The first-order chi connectivity index (χ1) is 10.1. The molecule has 2 rings (SSSR count). The van der Waals surface area contributed by atoms with Crippen LogP contribution in [-0.2, 0) is 23.9 Å². The first-order valence-electron chi connectivity index (χ1n) is 6.81. The zero-order valence-corrected chi connectivity index (χ0v) is 12.2. The highest BCUT2D eigenvalue weighted by molar-refractivity contribution is 5.74. The summed E-state index contributed by atoms with van der Waals surface area (Å²) in [7, 11) is 1.34. The van der Waals surface area contributed by atoms with Crippen LogP contribution < -0.4 is 0 Å². The number of methoxy groups -OCH3 is 1. The maximum atomic E-state index is 11.5. The molecule has 0 N–H and O–H groups in total. The molecule has 0 spiro atoms. The van der Waals surface area contributed by atoms with Gasteiger partial charge in [-0.1, -0.05) is 30.3 Å². The smallest absolute Gasteiger partial charge is 0.337 e. The third-order valence-electron chi connectivity index (χ3n) is 3.31. The second kappa shape index (κ2) is 7.19. The van der Waals surface area contributed by atoms with Crippen LogP contribution in [0.1, 0.15) is 24.9 Å². The van der Waals surface area contributed by atoms with Gasteiger partial charge in [-0.25, -0.2) is 4.79 Å². The van der Waals surface area contributed by atoms with Crippen molar-refractivity contribution < 1.29 is 23.9 Å². The van der Waals surface area contributed by atoms with Gasteiger partial charge in [-0.2, -0.15) is 5.06 Å². The van der Waals surface area contributed by atoms with E-state index in [-0.39, 0.29) is 18.6 Å². The van der Waals surface area contributed by atoms with Crippen molar-refractivity contribution >= 4 is 11.9 Å². The third kappa shape index (κ3) is 4.03. The summed E-state index contributed by atoms with van der Waals surface area (Å²) >= 11 is 0. The Morgan fingerprint density at radius 1 is 1.38 bits per heavy atom. The lowest BCUT2D eigenvalue weighted by Gasteiger charge is -2.26. The predicted octanol–water partition coefficient (Wildman–Crippen LogP) is 1.47. The second-order valence-electron chi connectivity index (χ2n) is 4.78. The van der Waals surface area contributed by atoms with Crippen LogP contribution in [0.25, 0.3) is 0 Å². The summed E-state index contributed by atoms with van der Waals surface area (Å²) < 4.78 is 9.81. The highest BCUT2D eigenvalue weighted by atomic mass is 16.7. The fourth-order valence-electron chi connectivity index (χ4n) is 2.25. The molecule has 0 aliphatic carbocycles. The molecule has 0 bridgehead atoms. The predicted molar refractivity (Wildman–Crippen MR) is 74.0 cm³/mol. The molecule has 0 radical (unpaired) electrons. The molecule has 1 aliphatic heterocycles. The van der Waals surface area contributed by atoms with Crippen molar-refractivity contribution in [2.24, 2.45) is 0 Å². The highest BCUT2D eigenvalue weighted by Gasteiger charge is 2.35. The van der Waals surface area contributed by atoms with Gasteiger partial charge in [-0.05, 0) is 5.56 Å². The standard InChI is InChI=1S/C15H19NO5/c1-11(17)20-10-13(12-6-4-3-5-7-12)16-9-8-14(21-16)15(18)19-2/h3-7,13-14H,8-10H2,1-2H3/t13-,14+/m0/s1. The second-order valence-corrected chi connectivity index (χ2v) is 4.78. The maximum absolute atomic E-state index is 11.5. The first-order valence-corrected chi connectivity index (χ1v) is 6.81. The summed E-state index contributed by atoms with van der Waals surface area (Å²) in [6.45, 7) is 2.11. The van der Waals surface area contributed by atoms with Gasteiger partial charge in [-0.3, -0.25) is 9.63 Å². The topological polar surface area (TPSA) is 65.1 Å². The van der Waals surface area contributed by atoms with Crippen molar-refractivity contribution in [3.63, 3.8) is 0 Å². The van der Waals surface area contributed by atoms with E-state index in [4.69, 9.17) is 14.3 Å². The minimum absolute atomic E-state index is 0.174. The average molecular weight is 293 g/mol. The number of rotatable bonds is 5. The molecule has 1 aromatic carbocycles. The van der Waals surface area contributed by atoms with E-state index in [0.29, 0.717) is 13.0 Å². The largest absolute Gasteiger partial charge is 0.467 e. The SMILES string of the molecule is COC(=O)[C@H]1CCN([C@@H](COC(C)=O)c2ccccc2)O1. The lowest BCUT2D eigenvalue weighted by atomic mass is 10.1. The molecule has 114 valence electrons. The van der Waals surface area contributed by atoms with E-state index in [0.717, 1.165) is 5.56 Å². The zero-order chi connectivity index (χ0) is 15.2. The zero-order valence-electron chi connectivity index (χ0n) is 12.2. The highest BCUT2D eigenvalue weighted by Crippen LogP contribution is 2.27. The van der Waals surface area contributed by atoms with Crippen LogP contribution in [0.15, 0.2) is 30.3 Å². The number of esters is 2. The molecule has 1 fully saturated rings. The lowest BCUT2D eigenvalue weighted by molar-refractivity contribution is -0.201. The summed E-state index contributed by atoms with van der Waals surface area (Å²) in [5.74, 6) is -0.739.